The summed E-state index contributed by atoms with van der Waals surface area (Å²) in [5.41, 5.74) is 3.66. The summed E-state index contributed by atoms with van der Waals surface area (Å²) < 4.78 is 11.4. The number of anilines is 1. The summed E-state index contributed by atoms with van der Waals surface area (Å²) in [5.74, 6) is 1.66. The summed E-state index contributed by atoms with van der Waals surface area (Å²) in [6.45, 7) is 5.75. The standard InChI is InChI=1S/C18H21NO2/c1-13-6-3-4-7-16(13)14(2)19-15-8-9-17-18(12-15)21-11-5-10-20-17/h3-4,6-9,12,14,19H,5,10-11H2,1-2H3. The fourth-order valence-electron chi connectivity index (χ4n) is 2.65. The van der Waals surface area contributed by atoms with Crippen LogP contribution in [-0.2, 0) is 0 Å². The maximum absolute atomic E-state index is 5.74. The van der Waals surface area contributed by atoms with Crippen molar-refractivity contribution in [2.75, 3.05) is 18.5 Å². The van der Waals surface area contributed by atoms with Crippen LogP contribution in [0.3, 0.4) is 0 Å². The van der Waals surface area contributed by atoms with E-state index in [0.717, 1.165) is 30.2 Å². The van der Waals surface area contributed by atoms with Gasteiger partial charge in [0.25, 0.3) is 0 Å². The van der Waals surface area contributed by atoms with E-state index in [1.54, 1.807) is 0 Å². The van der Waals surface area contributed by atoms with Crippen LogP contribution in [-0.4, -0.2) is 13.2 Å². The molecule has 1 aliphatic rings. The number of benzene rings is 2. The van der Waals surface area contributed by atoms with Crippen LogP contribution in [0.25, 0.3) is 0 Å². The molecule has 0 aliphatic carbocycles. The van der Waals surface area contributed by atoms with Crippen LogP contribution in [0.1, 0.15) is 30.5 Å². The number of rotatable bonds is 3. The van der Waals surface area contributed by atoms with Crippen molar-refractivity contribution < 1.29 is 9.47 Å². The van der Waals surface area contributed by atoms with E-state index in [1.165, 1.54) is 11.1 Å². The predicted octanol–water partition coefficient (Wildman–Crippen LogP) is 4.33. The second-order valence-corrected chi connectivity index (χ2v) is 5.43. The molecule has 1 unspecified atom stereocenters. The third-order valence-corrected chi connectivity index (χ3v) is 3.79. The second-order valence-electron chi connectivity index (χ2n) is 5.43. The molecule has 3 rings (SSSR count). The van der Waals surface area contributed by atoms with Gasteiger partial charge in [0.1, 0.15) is 0 Å². The van der Waals surface area contributed by atoms with Crippen molar-refractivity contribution >= 4 is 5.69 Å². The Hall–Kier alpha value is -2.16. The van der Waals surface area contributed by atoms with Crippen molar-refractivity contribution in [1.82, 2.24) is 0 Å². The lowest BCUT2D eigenvalue weighted by Crippen LogP contribution is -2.08. The molecule has 0 saturated carbocycles. The molecule has 3 nitrogen and oxygen atoms in total. The molecule has 1 atom stereocenters. The van der Waals surface area contributed by atoms with Crippen LogP contribution in [0, 0.1) is 6.92 Å². The van der Waals surface area contributed by atoms with Crippen molar-refractivity contribution in [3.63, 3.8) is 0 Å². The Morgan fingerprint density at radius 1 is 1.00 bits per heavy atom. The van der Waals surface area contributed by atoms with Crippen LogP contribution in [0.5, 0.6) is 11.5 Å². The highest BCUT2D eigenvalue weighted by Gasteiger charge is 2.12. The molecule has 1 N–H and O–H groups in total. The molecule has 2 aromatic carbocycles. The molecule has 0 aromatic heterocycles. The zero-order chi connectivity index (χ0) is 14.7. The van der Waals surface area contributed by atoms with Gasteiger partial charge in [-0.25, -0.2) is 0 Å². The zero-order valence-electron chi connectivity index (χ0n) is 12.6. The van der Waals surface area contributed by atoms with E-state index >= 15 is 0 Å². The third-order valence-electron chi connectivity index (χ3n) is 3.79. The van der Waals surface area contributed by atoms with E-state index in [-0.39, 0.29) is 6.04 Å². The van der Waals surface area contributed by atoms with E-state index in [0.29, 0.717) is 6.61 Å². The van der Waals surface area contributed by atoms with E-state index in [2.05, 4.69) is 43.4 Å². The highest BCUT2D eigenvalue weighted by molar-refractivity contribution is 5.56. The summed E-state index contributed by atoms with van der Waals surface area (Å²) in [6.07, 6.45) is 0.928. The van der Waals surface area contributed by atoms with E-state index < -0.39 is 0 Å². The summed E-state index contributed by atoms with van der Waals surface area (Å²) in [5, 5.41) is 3.53. The molecule has 21 heavy (non-hydrogen) atoms. The minimum atomic E-state index is 0.246. The molecule has 0 saturated heterocycles. The number of fused-ring (bicyclic) bond motifs is 1. The minimum Gasteiger partial charge on any atom is -0.490 e. The van der Waals surface area contributed by atoms with Crippen LogP contribution >= 0.6 is 0 Å². The number of aryl methyl sites for hydroxylation is 1. The normalized spacial score (nSPS) is 15.1. The lowest BCUT2D eigenvalue weighted by molar-refractivity contribution is 0.297. The van der Waals surface area contributed by atoms with Crippen molar-refractivity contribution in [3.05, 3.63) is 53.6 Å². The SMILES string of the molecule is Cc1ccccc1C(C)Nc1ccc2c(c1)OCCCO2. The number of nitrogens with one attached hydrogen (secondary N) is 1. The zero-order valence-corrected chi connectivity index (χ0v) is 12.6. The first-order chi connectivity index (χ1) is 10.2. The highest BCUT2D eigenvalue weighted by Crippen LogP contribution is 2.33. The Morgan fingerprint density at radius 2 is 1.76 bits per heavy atom. The van der Waals surface area contributed by atoms with Gasteiger partial charge in [-0.3, -0.25) is 0 Å². The maximum atomic E-state index is 5.74. The first-order valence-electron chi connectivity index (χ1n) is 7.46. The van der Waals surface area contributed by atoms with Crippen LogP contribution in [0.2, 0.25) is 0 Å². The van der Waals surface area contributed by atoms with Crippen molar-refractivity contribution in [3.8, 4) is 11.5 Å². The van der Waals surface area contributed by atoms with Crippen molar-refractivity contribution in [2.45, 2.75) is 26.3 Å². The minimum absolute atomic E-state index is 0.246. The van der Waals surface area contributed by atoms with Gasteiger partial charge in [0.15, 0.2) is 11.5 Å². The van der Waals surface area contributed by atoms with Crippen LogP contribution < -0.4 is 14.8 Å². The summed E-state index contributed by atoms with van der Waals surface area (Å²) in [7, 11) is 0. The fourth-order valence-corrected chi connectivity index (χ4v) is 2.65. The van der Waals surface area contributed by atoms with E-state index in [4.69, 9.17) is 9.47 Å². The predicted molar refractivity (Wildman–Crippen MR) is 85.3 cm³/mol. The molecule has 0 spiro atoms. The van der Waals surface area contributed by atoms with Gasteiger partial charge in [0.2, 0.25) is 0 Å². The van der Waals surface area contributed by atoms with Gasteiger partial charge in [0, 0.05) is 24.2 Å². The van der Waals surface area contributed by atoms with E-state index in [1.807, 2.05) is 18.2 Å². The second kappa shape index (κ2) is 6.08. The van der Waals surface area contributed by atoms with E-state index in [9.17, 15) is 0 Å². The Bertz CT molecular complexity index is 624. The molecule has 2 aromatic rings. The Kier molecular flexibility index (Phi) is 4.00. The molecular formula is C18H21NO2. The molecule has 110 valence electrons. The fraction of sp³-hybridized carbons (Fsp3) is 0.333. The average molecular weight is 283 g/mol. The van der Waals surface area contributed by atoms with Crippen molar-refractivity contribution in [1.29, 1.82) is 0 Å². The highest BCUT2D eigenvalue weighted by atomic mass is 16.5. The van der Waals surface area contributed by atoms with Gasteiger partial charge in [-0.1, -0.05) is 24.3 Å². The summed E-state index contributed by atoms with van der Waals surface area (Å²) in [4.78, 5) is 0. The smallest absolute Gasteiger partial charge is 0.163 e. The number of ether oxygens (including phenoxy) is 2. The van der Waals surface area contributed by atoms with Gasteiger partial charge in [-0.15, -0.1) is 0 Å². The van der Waals surface area contributed by atoms with Crippen LogP contribution in [0.4, 0.5) is 5.69 Å². The molecule has 3 heteroatoms. The first kappa shape index (κ1) is 13.8. The molecule has 0 amide bonds. The Morgan fingerprint density at radius 3 is 2.57 bits per heavy atom. The number of hydrogen-bond donors (Lipinski definition) is 1. The summed E-state index contributed by atoms with van der Waals surface area (Å²) >= 11 is 0. The molecule has 0 fully saturated rings. The quantitative estimate of drug-likeness (QED) is 0.909. The Labute approximate surface area is 125 Å². The van der Waals surface area contributed by atoms with Gasteiger partial charge >= 0.3 is 0 Å². The maximum Gasteiger partial charge on any atom is 0.163 e. The average Bonchev–Trinajstić information content (AvgIpc) is 2.72. The molecule has 1 aliphatic heterocycles. The van der Waals surface area contributed by atoms with Crippen LogP contribution in [0.15, 0.2) is 42.5 Å². The van der Waals surface area contributed by atoms with Gasteiger partial charge in [-0.2, -0.15) is 0 Å². The molecule has 0 radical (unpaired) electrons. The molecule has 1 heterocycles. The molecular weight excluding hydrogens is 262 g/mol. The topological polar surface area (TPSA) is 30.5 Å². The third kappa shape index (κ3) is 3.13. The summed E-state index contributed by atoms with van der Waals surface area (Å²) in [6, 6.07) is 14.7. The first-order valence-corrected chi connectivity index (χ1v) is 7.46. The number of hydrogen-bond acceptors (Lipinski definition) is 3. The lowest BCUT2D eigenvalue weighted by Gasteiger charge is -2.18. The largest absolute Gasteiger partial charge is 0.490 e. The monoisotopic (exact) mass is 283 g/mol. The molecule has 0 bridgehead atoms. The lowest BCUT2D eigenvalue weighted by atomic mass is 10.0. The van der Waals surface area contributed by atoms with Crippen molar-refractivity contribution in [2.24, 2.45) is 0 Å². The van der Waals surface area contributed by atoms with Gasteiger partial charge in [-0.05, 0) is 37.1 Å². The van der Waals surface area contributed by atoms with Gasteiger partial charge in [0.05, 0.1) is 13.2 Å². The van der Waals surface area contributed by atoms with Gasteiger partial charge < -0.3 is 14.8 Å². The Balaban J connectivity index is 1.79.